The summed E-state index contributed by atoms with van der Waals surface area (Å²) in [6.07, 6.45) is 2.40. The highest BCUT2D eigenvalue weighted by atomic mass is 16.2. The Labute approximate surface area is 104 Å². The van der Waals surface area contributed by atoms with Crippen LogP contribution in [0.15, 0.2) is 0 Å². The lowest BCUT2D eigenvalue weighted by molar-refractivity contribution is -0.156. The summed E-state index contributed by atoms with van der Waals surface area (Å²) in [6, 6.07) is -0.193. The summed E-state index contributed by atoms with van der Waals surface area (Å²) in [4.78, 5) is 26.2. The zero-order valence-electron chi connectivity index (χ0n) is 11.5. The van der Waals surface area contributed by atoms with Gasteiger partial charge in [-0.1, -0.05) is 20.8 Å². The fourth-order valence-corrected chi connectivity index (χ4v) is 2.42. The van der Waals surface area contributed by atoms with Crippen molar-refractivity contribution in [3.8, 4) is 0 Å². The molecule has 0 aromatic rings. The van der Waals surface area contributed by atoms with Gasteiger partial charge in [0.1, 0.15) is 11.6 Å². The lowest BCUT2D eigenvalue weighted by Gasteiger charge is -2.46. The van der Waals surface area contributed by atoms with E-state index in [4.69, 9.17) is 0 Å². The second-order valence-corrected chi connectivity index (χ2v) is 5.03. The summed E-state index contributed by atoms with van der Waals surface area (Å²) in [7, 11) is 0. The molecule has 0 saturated carbocycles. The van der Waals surface area contributed by atoms with Crippen molar-refractivity contribution in [2.75, 3.05) is 0 Å². The third-order valence-electron chi connectivity index (χ3n) is 3.95. The molecule has 1 fully saturated rings. The summed E-state index contributed by atoms with van der Waals surface area (Å²) in [5.41, 5.74) is -0.730. The van der Waals surface area contributed by atoms with E-state index < -0.39 is 5.54 Å². The second kappa shape index (κ2) is 5.07. The first-order valence-corrected chi connectivity index (χ1v) is 6.56. The standard InChI is InChI=1S/C13H24N2O2/c1-6-10(7-2)15-9(4)11(16)14-13(5,8-3)12(15)17/h9-10H,6-8H2,1-5H3,(H,14,16). The maximum Gasteiger partial charge on any atom is 0.248 e. The van der Waals surface area contributed by atoms with Gasteiger partial charge in [-0.25, -0.2) is 0 Å². The second-order valence-electron chi connectivity index (χ2n) is 5.03. The van der Waals surface area contributed by atoms with Crippen molar-refractivity contribution in [1.29, 1.82) is 0 Å². The lowest BCUT2D eigenvalue weighted by atomic mass is 9.90. The first kappa shape index (κ1) is 14.0. The fraction of sp³-hybridized carbons (Fsp3) is 0.846. The van der Waals surface area contributed by atoms with E-state index in [1.807, 2.05) is 13.8 Å². The van der Waals surface area contributed by atoms with Gasteiger partial charge in [-0.15, -0.1) is 0 Å². The maximum atomic E-state index is 12.5. The van der Waals surface area contributed by atoms with Gasteiger partial charge in [-0.2, -0.15) is 0 Å². The van der Waals surface area contributed by atoms with E-state index in [1.165, 1.54) is 0 Å². The van der Waals surface area contributed by atoms with E-state index in [0.29, 0.717) is 6.42 Å². The van der Waals surface area contributed by atoms with E-state index >= 15 is 0 Å². The van der Waals surface area contributed by atoms with Gasteiger partial charge >= 0.3 is 0 Å². The van der Waals surface area contributed by atoms with Gasteiger partial charge in [0.2, 0.25) is 11.8 Å². The number of rotatable bonds is 4. The van der Waals surface area contributed by atoms with E-state index in [9.17, 15) is 9.59 Å². The minimum Gasteiger partial charge on any atom is -0.340 e. The Morgan fingerprint density at radius 1 is 1.29 bits per heavy atom. The quantitative estimate of drug-likeness (QED) is 0.813. The molecule has 0 spiro atoms. The van der Waals surface area contributed by atoms with Crippen LogP contribution in [-0.2, 0) is 9.59 Å². The maximum absolute atomic E-state index is 12.5. The largest absolute Gasteiger partial charge is 0.340 e. The monoisotopic (exact) mass is 240 g/mol. The topological polar surface area (TPSA) is 49.4 Å². The number of piperazine rings is 1. The summed E-state index contributed by atoms with van der Waals surface area (Å²) >= 11 is 0. The number of carbonyl (C=O) groups is 2. The molecule has 1 heterocycles. The summed E-state index contributed by atoms with van der Waals surface area (Å²) in [6.45, 7) is 9.67. The van der Waals surface area contributed by atoms with Crippen LogP contribution in [0.1, 0.15) is 53.9 Å². The van der Waals surface area contributed by atoms with Crippen molar-refractivity contribution in [2.24, 2.45) is 0 Å². The van der Waals surface area contributed by atoms with Crippen molar-refractivity contribution in [2.45, 2.75) is 71.5 Å². The van der Waals surface area contributed by atoms with Gasteiger partial charge in [0.15, 0.2) is 0 Å². The third-order valence-corrected chi connectivity index (χ3v) is 3.95. The average molecular weight is 240 g/mol. The first-order chi connectivity index (χ1) is 7.91. The molecule has 1 aliphatic heterocycles. The van der Waals surface area contributed by atoms with Crippen molar-refractivity contribution in [1.82, 2.24) is 10.2 Å². The fourth-order valence-electron chi connectivity index (χ4n) is 2.42. The highest BCUT2D eigenvalue weighted by Crippen LogP contribution is 2.25. The van der Waals surface area contributed by atoms with Crippen LogP contribution >= 0.6 is 0 Å². The van der Waals surface area contributed by atoms with Crippen LogP contribution in [-0.4, -0.2) is 34.3 Å². The molecule has 0 radical (unpaired) electrons. The molecule has 1 rings (SSSR count). The minimum absolute atomic E-state index is 0.0409. The predicted molar refractivity (Wildman–Crippen MR) is 67.5 cm³/mol. The lowest BCUT2D eigenvalue weighted by Crippen LogP contribution is -2.70. The smallest absolute Gasteiger partial charge is 0.248 e. The van der Waals surface area contributed by atoms with Crippen LogP contribution in [0.2, 0.25) is 0 Å². The molecule has 2 atom stereocenters. The van der Waals surface area contributed by atoms with Gasteiger partial charge in [-0.3, -0.25) is 9.59 Å². The van der Waals surface area contributed by atoms with Crippen LogP contribution in [0, 0.1) is 0 Å². The van der Waals surface area contributed by atoms with Crippen LogP contribution in [0.25, 0.3) is 0 Å². The van der Waals surface area contributed by atoms with E-state index in [2.05, 4.69) is 19.2 Å². The highest BCUT2D eigenvalue weighted by Gasteiger charge is 2.46. The number of amides is 2. The molecule has 0 aliphatic carbocycles. The molecule has 4 heteroatoms. The Morgan fingerprint density at radius 2 is 1.82 bits per heavy atom. The molecule has 4 nitrogen and oxygen atoms in total. The number of hydrogen-bond acceptors (Lipinski definition) is 2. The first-order valence-electron chi connectivity index (χ1n) is 6.56. The molecule has 1 saturated heterocycles. The van der Waals surface area contributed by atoms with Crippen molar-refractivity contribution < 1.29 is 9.59 Å². The normalized spacial score (nSPS) is 29.8. The molecule has 17 heavy (non-hydrogen) atoms. The summed E-state index contributed by atoms with van der Waals surface area (Å²) in [5, 5.41) is 2.84. The third kappa shape index (κ3) is 2.31. The van der Waals surface area contributed by atoms with Crippen LogP contribution in [0.5, 0.6) is 0 Å². The van der Waals surface area contributed by atoms with E-state index in [0.717, 1.165) is 12.8 Å². The molecular weight excluding hydrogens is 216 g/mol. The molecular formula is C13H24N2O2. The Kier molecular flexibility index (Phi) is 4.17. The number of nitrogens with one attached hydrogen (secondary N) is 1. The SMILES string of the molecule is CCC(CC)N1C(=O)C(C)(CC)NC(=O)C1C. The predicted octanol–water partition coefficient (Wildman–Crippen LogP) is 1.69. The van der Waals surface area contributed by atoms with Gasteiger partial charge in [0.05, 0.1) is 0 Å². The van der Waals surface area contributed by atoms with Crippen molar-refractivity contribution in [3.63, 3.8) is 0 Å². The van der Waals surface area contributed by atoms with Gasteiger partial charge in [-0.05, 0) is 33.1 Å². The minimum atomic E-state index is -0.730. The van der Waals surface area contributed by atoms with E-state index in [1.54, 1.807) is 11.8 Å². The molecule has 0 bridgehead atoms. The molecule has 1 aliphatic rings. The van der Waals surface area contributed by atoms with E-state index in [-0.39, 0.29) is 23.9 Å². The molecule has 0 aromatic heterocycles. The van der Waals surface area contributed by atoms with Crippen molar-refractivity contribution in [3.05, 3.63) is 0 Å². The number of carbonyl (C=O) groups excluding carboxylic acids is 2. The average Bonchev–Trinajstić information content (AvgIpc) is 2.32. The molecule has 98 valence electrons. The van der Waals surface area contributed by atoms with Crippen LogP contribution < -0.4 is 5.32 Å². The zero-order valence-corrected chi connectivity index (χ0v) is 11.5. The van der Waals surface area contributed by atoms with Crippen LogP contribution in [0.3, 0.4) is 0 Å². The highest BCUT2D eigenvalue weighted by molar-refractivity contribution is 5.99. The molecule has 1 N–H and O–H groups in total. The molecule has 0 aromatic carbocycles. The molecule has 2 unspecified atom stereocenters. The van der Waals surface area contributed by atoms with Gasteiger partial charge in [0.25, 0.3) is 0 Å². The summed E-state index contributed by atoms with van der Waals surface area (Å²) in [5.74, 6) is 0.0154. The Hall–Kier alpha value is -1.06. The number of nitrogens with zero attached hydrogens (tertiary/aromatic N) is 1. The van der Waals surface area contributed by atoms with Gasteiger partial charge < -0.3 is 10.2 Å². The zero-order chi connectivity index (χ0) is 13.2. The van der Waals surface area contributed by atoms with Gasteiger partial charge in [0, 0.05) is 6.04 Å². The molecule has 2 amide bonds. The Bertz CT molecular complexity index is 313. The van der Waals surface area contributed by atoms with Crippen LogP contribution in [0.4, 0.5) is 0 Å². The summed E-state index contributed by atoms with van der Waals surface area (Å²) < 4.78 is 0. The number of hydrogen-bond donors (Lipinski definition) is 1. The van der Waals surface area contributed by atoms with Crippen molar-refractivity contribution >= 4 is 11.8 Å². The Balaban J connectivity index is 3.07. The Morgan fingerprint density at radius 3 is 2.24 bits per heavy atom.